The van der Waals surface area contributed by atoms with E-state index >= 15 is 0 Å². The summed E-state index contributed by atoms with van der Waals surface area (Å²) in [5, 5.41) is 8.92. The van der Waals surface area contributed by atoms with Crippen molar-refractivity contribution in [2.24, 2.45) is 0 Å². The van der Waals surface area contributed by atoms with Gasteiger partial charge in [0.05, 0.1) is 11.1 Å². The smallest absolute Gasteiger partial charge is 0.416 e. The number of hydrogen-bond donors (Lipinski definition) is 1. The summed E-state index contributed by atoms with van der Waals surface area (Å²) < 4.78 is 39.0. The SMILES string of the molecule is O=C(O)c1ccc(C(F)(F)F)c(C2CCCCC2)c1. The van der Waals surface area contributed by atoms with Crippen LogP contribution in [0.1, 0.15) is 59.5 Å². The molecule has 1 fully saturated rings. The highest BCUT2D eigenvalue weighted by Crippen LogP contribution is 2.40. The van der Waals surface area contributed by atoms with Crippen molar-refractivity contribution in [1.29, 1.82) is 0 Å². The lowest BCUT2D eigenvalue weighted by Crippen LogP contribution is -2.15. The van der Waals surface area contributed by atoms with Crippen molar-refractivity contribution in [3.05, 3.63) is 34.9 Å². The molecule has 0 aliphatic heterocycles. The molecular weight excluding hydrogens is 257 g/mol. The highest BCUT2D eigenvalue weighted by atomic mass is 19.4. The van der Waals surface area contributed by atoms with E-state index < -0.39 is 17.7 Å². The molecule has 0 saturated heterocycles. The van der Waals surface area contributed by atoms with Crippen LogP contribution < -0.4 is 0 Å². The predicted octanol–water partition coefficient (Wildman–Crippen LogP) is 4.45. The molecule has 104 valence electrons. The molecule has 2 rings (SSSR count). The first-order valence-electron chi connectivity index (χ1n) is 6.34. The molecule has 0 radical (unpaired) electrons. The van der Waals surface area contributed by atoms with Gasteiger partial charge in [0.25, 0.3) is 0 Å². The molecule has 0 amide bonds. The second-order valence-corrected chi connectivity index (χ2v) is 4.94. The summed E-state index contributed by atoms with van der Waals surface area (Å²) in [5.41, 5.74) is -0.620. The molecule has 0 bridgehead atoms. The Bertz CT molecular complexity index is 474. The molecule has 1 aromatic carbocycles. The Morgan fingerprint density at radius 1 is 1.16 bits per heavy atom. The van der Waals surface area contributed by atoms with E-state index in [9.17, 15) is 18.0 Å². The number of carbonyl (C=O) groups is 1. The van der Waals surface area contributed by atoms with Crippen LogP contribution in [0.2, 0.25) is 0 Å². The third-order valence-electron chi connectivity index (χ3n) is 3.65. The first-order valence-corrected chi connectivity index (χ1v) is 6.34. The zero-order chi connectivity index (χ0) is 14.0. The van der Waals surface area contributed by atoms with Crippen LogP contribution in [0.25, 0.3) is 0 Å². The van der Waals surface area contributed by atoms with E-state index in [1.807, 2.05) is 0 Å². The maximum Gasteiger partial charge on any atom is 0.416 e. The molecule has 2 nitrogen and oxygen atoms in total. The molecule has 1 aromatic rings. The molecule has 0 heterocycles. The number of aromatic carboxylic acids is 1. The maximum atomic E-state index is 13.0. The van der Waals surface area contributed by atoms with Crippen LogP contribution >= 0.6 is 0 Å². The minimum Gasteiger partial charge on any atom is -0.478 e. The number of halogens is 3. The van der Waals surface area contributed by atoms with Crippen molar-refractivity contribution in [2.75, 3.05) is 0 Å². The van der Waals surface area contributed by atoms with Gasteiger partial charge in [0, 0.05) is 0 Å². The lowest BCUT2D eigenvalue weighted by Gasteiger charge is -2.25. The van der Waals surface area contributed by atoms with Gasteiger partial charge >= 0.3 is 12.1 Å². The van der Waals surface area contributed by atoms with Crippen molar-refractivity contribution in [1.82, 2.24) is 0 Å². The Morgan fingerprint density at radius 2 is 1.79 bits per heavy atom. The Kier molecular flexibility index (Phi) is 3.83. The lowest BCUT2D eigenvalue weighted by molar-refractivity contribution is -0.138. The van der Waals surface area contributed by atoms with E-state index in [-0.39, 0.29) is 17.0 Å². The molecule has 1 saturated carbocycles. The zero-order valence-corrected chi connectivity index (χ0v) is 10.3. The largest absolute Gasteiger partial charge is 0.478 e. The first kappa shape index (κ1) is 13.9. The quantitative estimate of drug-likeness (QED) is 0.863. The molecule has 1 aliphatic rings. The van der Waals surface area contributed by atoms with Gasteiger partial charge in [-0.1, -0.05) is 19.3 Å². The summed E-state index contributed by atoms with van der Waals surface area (Å²) in [7, 11) is 0. The van der Waals surface area contributed by atoms with E-state index in [0.29, 0.717) is 12.8 Å². The van der Waals surface area contributed by atoms with Gasteiger partial charge in [-0.3, -0.25) is 0 Å². The third-order valence-corrected chi connectivity index (χ3v) is 3.65. The topological polar surface area (TPSA) is 37.3 Å². The molecule has 5 heteroatoms. The maximum absolute atomic E-state index is 13.0. The van der Waals surface area contributed by atoms with Gasteiger partial charge in [-0.2, -0.15) is 13.2 Å². The summed E-state index contributed by atoms with van der Waals surface area (Å²) >= 11 is 0. The summed E-state index contributed by atoms with van der Waals surface area (Å²) in [6.45, 7) is 0. The fourth-order valence-corrected chi connectivity index (χ4v) is 2.71. The number of carboxylic acid groups (broad SMARTS) is 1. The molecule has 19 heavy (non-hydrogen) atoms. The molecule has 1 N–H and O–H groups in total. The predicted molar refractivity (Wildman–Crippen MR) is 64.2 cm³/mol. The van der Waals surface area contributed by atoms with E-state index in [1.165, 1.54) is 6.07 Å². The van der Waals surface area contributed by atoms with Gasteiger partial charge in [-0.15, -0.1) is 0 Å². The fraction of sp³-hybridized carbons (Fsp3) is 0.500. The Hall–Kier alpha value is -1.52. The zero-order valence-electron chi connectivity index (χ0n) is 10.3. The van der Waals surface area contributed by atoms with E-state index in [0.717, 1.165) is 31.4 Å². The number of benzene rings is 1. The molecule has 0 aromatic heterocycles. The average molecular weight is 272 g/mol. The minimum atomic E-state index is -4.43. The van der Waals surface area contributed by atoms with E-state index in [1.54, 1.807) is 0 Å². The number of rotatable bonds is 2. The molecular formula is C14H15F3O2. The van der Waals surface area contributed by atoms with Crippen LogP contribution in [-0.4, -0.2) is 11.1 Å². The van der Waals surface area contributed by atoms with E-state index in [4.69, 9.17) is 5.11 Å². The first-order chi connectivity index (χ1) is 8.89. The van der Waals surface area contributed by atoms with Crippen LogP contribution in [-0.2, 0) is 6.18 Å². The van der Waals surface area contributed by atoms with Gasteiger partial charge in [0.1, 0.15) is 0 Å². The van der Waals surface area contributed by atoms with Crippen LogP contribution in [0.4, 0.5) is 13.2 Å². The number of hydrogen-bond acceptors (Lipinski definition) is 1. The monoisotopic (exact) mass is 272 g/mol. The van der Waals surface area contributed by atoms with Gasteiger partial charge < -0.3 is 5.11 Å². The molecule has 0 unspecified atom stereocenters. The van der Waals surface area contributed by atoms with Gasteiger partial charge in [0.2, 0.25) is 0 Å². The highest BCUT2D eigenvalue weighted by molar-refractivity contribution is 5.88. The van der Waals surface area contributed by atoms with Gasteiger partial charge in [0.15, 0.2) is 0 Å². The van der Waals surface area contributed by atoms with Crippen LogP contribution in [0.5, 0.6) is 0 Å². The van der Waals surface area contributed by atoms with Crippen molar-refractivity contribution >= 4 is 5.97 Å². The van der Waals surface area contributed by atoms with Crippen LogP contribution in [0, 0.1) is 0 Å². The number of carboxylic acids is 1. The molecule has 0 atom stereocenters. The van der Waals surface area contributed by atoms with Gasteiger partial charge in [-0.25, -0.2) is 4.79 Å². The normalized spacial score (nSPS) is 17.4. The van der Waals surface area contributed by atoms with E-state index in [2.05, 4.69) is 0 Å². The second kappa shape index (κ2) is 5.23. The van der Waals surface area contributed by atoms with Gasteiger partial charge in [-0.05, 0) is 42.5 Å². The fourth-order valence-electron chi connectivity index (χ4n) is 2.71. The molecule has 1 aliphatic carbocycles. The van der Waals surface area contributed by atoms with Crippen LogP contribution in [0.15, 0.2) is 18.2 Å². The summed E-state index contributed by atoms with van der Waals surface area (Å²) in [6.07, 6.45) is -0.183. The molecule has 0 spiro atoms. The van der Waals surface area contributed by atoms with Crippen molar-refractivity contribution in [3.63, 3.8) is 0 Å². The Morgan fingerprint density at radius 3 is 2.32 bits per heavy atom. The average Bonchev–Trinajstić information content (AvgIpc) is 2.38. The van der Waals surface area contributed by atoms with Crippen molar-refractivity contribution < 1.29 is 23.1 Å². The summed E-state index contributed by atoms with van der Waals surface area (Å²) in [4.78, 5) is 10.9. The lowest BCUT2D eigenvalue weighted by atomic mass is 9.81. The van der Waals surface area contributed by atoms with Crippen molar-refractivity contribution in [3.8, 4) is 0 Å². The number of alkyl halides is 3. The second-order valence-electron chi connectivity index (χ2n) is 4.94. The van der Waals surface area contributed by atoms with Crippen LogP contribution in [0.3, 0.4) is 0 Å². The summed E-state index contributed by atoms with van der Waals surface area (Å²) in [6, 6.07) is 3.12. The standard InChI is InChI=1S/C14H15F3O2/c15-14(16,17)12-7-6-10(13(18)19)8-11(12)9-4-2-1-3-5-9/h6-9H,1-5H2,(H,18,19). The third kappa shape index (κ3) is 3.08. The summed E-state index contributed by atoms with van der Waals surface area (Å²) in [5.74, 6) is -1.37. The highest BCUT2D eigenvalue weighted by Gasteiger charge is 2.35. The van der Waals surface area contributed by atoms with Crippen molar-refractivity contribution in [2.45, 2.75) is 44.2 Å². The minimum absolute atomic E-state index is 0.0754. The Labute approximate surface area is 109 Å². The Balaban J connectivity index is 2.46.